The number of imide groups is 3. The summed E-state index contributed by atoms with van der Waals surface area (Å²) in [7, 11) is 0. The summed E-state index contributed by atoms with van der Waals surface area (Å²) in [6.07, 6.45) is 7.77. The van der Waals surface area contributed by atoms with Crippen LogP contribution in [0.5, 0.6) is 0 Å². The number of hydrogen-bond acceptors (Lipinski definition) is 18. The van der Waals surface area contributed by atoms with Gasteiger partial charge < -0.3 is 35.9 Å². The molecule has 3 aliphatic heterocycles. The molecule has 3 aliphatic rings. The lowest BCUT2D eigenvalue weighted by molar-refractivity contribution is -0.199. The van der Waals surface area contributed by atoms with Gasteiger partial charge in [-0.25, -0.2) is 14.4 Å². The third-order valence-electron chi connectivity index (χ3n) is 9.17. The number of hydrogen-bond donors (Lipinski definition) is 3. The summed E-state index contributed by atoms with van der Waals surface area (Å²) < 4.78 is 0. The topological polar surface area (TPSA) is 316 Å². The minimum Gasteiger partial charge on any atom is -0.330 e. The van der Waals surface area contributed by atoms with Gasteiger partial charge in [0.25, 0.3) is 35.4 Å². The lowest BCUT2D eigenvalue weighted by Gasteiger charge is -2.13. The van der Waals surface area contributed by atoms with E-state index in [1.54, 1.807) is 6.92 Å². The fraction of sp³-hybridized carbons (Fsp3) is 0.696. The van der Waals surface area contributed by atoms with Crippen molar-refractivity contribution in [3.05, 3.63) is 0 Å². The monoisotopic (exact) mass is 953 g/mol. The van der Waals surface area contributed by atoms with Gasteiger partial charge in [-0.1, -0.05) is 41.5 Å². The highest BCUT2D eigenvalue weighted by Crippen LogP contribution is 2.17. The van der Waals surface area contributed by atoms with Crippen LogP contribution in [0.3, 0.4) is 0 Å². The predicted molar refractivity (Wildman–Crippen MR) is 245 cm³/mol. The Kier molecular flexibility index (Phi) is 38.4. The molecule has 0 unspecified atom stereocenters. The van der Waals surface area contributed by atoms with E-state index in [9.17, 15) is 57.5 Å². The van der Waals surface area contributed by atoms with Crippen LogP contribution in [0.4, 0.5) is 0 Å². The average molecular weight is 953 g/mol. The molecule has 0 saturated carbocycles. The van der Waals surface area contributed by atoms with E-state index in [4.69, 9.17) is 21.4 Å². The minimum atomic E-state index is -0.838. The first-order chi connectivity index (χ1) is 31.6. The van der Waals surface area contributed by atoms with E-state index in [0.29, 0.717) is 71.3 Å². The van der Waals surface area contributed by atoms with Crippen molar-refractivity contribution < 1.29 is 72.0 Å². The maximum absolute atomic E-state index is 11.5. The lowest BCUT2D eigenvalue weighted by atomic mass is 10.0. The molecule has 3 fully saturated rings. The molecule has 4 N–H and O–H groups in total. The fourth-order valence-electron chi connectivity index (χ4n) is 5.43. The molecule has 0 spiro atoms. The third kappa shape index (κ3) is 34.2. The van der Waals surface area contributed by atoms with Crippen LogP contribution >= 0.6 is 0 Å². The Morgan fingerprint density at radius 1 is 0.448 bits per heavy atom. The standard InChI is InChI=1S/C14H21NO5.C13H14N2O8.C11H20O2.C6H15N.2CH3N/c1-10(2)6-7-11(16)4-3-5-14(19)20-15-12(17)8-9-13(15)18;16-8-4-5-9(17)14(8)22-12(20)2-1-3-13(21)23-15-10(18)6-7-11(15)19;1-9(2)7-8-11(13)6-4-5-10(3)12;1-6(2)4-3-5-7;2*1-2/h10H,3-9H2,1-2H3;1-7H2;9H,4-8H2,1-3H3;6H,3-5,7H2,1-2H3;2*2H,1H2. The first kappa shape index (κ1) is 65.4. The van der Waals surface area contributed by atoms with Gasteiger partial charge >= 0.3 is 17.9 Å². The number of Topliss-reactive ketones (excluding diaryl/α,β-unsaturated/α-hetero) is 3. The number of carbonyl (C=O) groups is 12. The molecule has 21 nitrogen and oxygen atoms in total. The molecular formula is C46H76N6O15. The van der Waals surface area contributed by atoms with Gasteiger partial charge in [0.2, 0.25) is 0 Å². The molecule has 3 saturated heterocycles. The van der Waals surface area contributed by atoms with Crippen molar-refractivity contribution in [1.29, 1.82) is 10.8 Å². The van der Waals surface area contributed by atoms with Gasteiger partial charge in [0.1, 0.15) is 17.3 Å². The van der Waals surface area contributed by atoms with Crippen LogP contribution in [0.2, 0.25) is 0 Å². The summed E-state index contributed by atoms with van der Waals surface area (Å²) >= 11 is 0. The summed E-state index contributed by atoms with van der Waals surface area (Å²) in [5, 5.41) is 12.4. The van der Waals surface area contributed by atoms with E-state index in [1.807, 2.05) is 0 Å². The molecule has 21 heteroatoms. The number of amides is 6. The first-order valence-corrected chi connectivity index (χ1v) is 22.7. The van der Waals surface area contributed by atoms with Gasteiger partial charge in [-0.2, -0.15) is 0 Å². The van der Waals surface area contributed by atoms with Crippen molar-refractivity contribution in [1.82, 2.24) is 15.2 Å². The highest BCUT2D eigenvalue weighted by atomic mass is 16.7. The SMILES string of the molecule is C=N.C=N.CC(=O)CCCC(=O)CCC(C)C.CC(C)CCC(=O)CCCC(=O)ON1C(=O)CCC1=O.CC(C)CCCN.O=C(CCCC(=O)ON1C(=O)CCC1=O)ON1C(=O)CCC1=O. The minimum absolute atomic E-state index is 0.00364. The van der Waals surface area contributed by atoms with Gasteiger partial charge in [0.05, 0.1) is 0 Å². The Morgan fingerprint density at radius 3 is 0.925 bits per heavy atom. The molecule has 6 amide bonds. The smallest absolute Gasteiger partial charge is 0.330 e. The van der Waals surface area contributed by atoms with E-state index >= 15 is 0 Å². The number of rotatable bonds is 24. The van der Waals surface area contributed by atoms with E-state index < -0.39 is 53.4 Å². The van der Waals surface area contributed by atoms with Crippen LogP contribution in [0.15, 0.2) is 0 Å². The molecular weight excluding hydrogens is 877 g/mol. The summed E-state index contributed by atoms with van der Waals surface area (Å²) in [5.74, 6) is -3.16. The van der Waals surface area contributed by atoms with Crippen molar-refractivity contribution in [2.75, 3.05) is 6.54 Å². The number of nitrogens with zero attached hydrogens (tertiary/aromatic N) is 3. The van der Waals surface area contributed by atoms with E-state index in [0.717, 1.165) is 31.7 Å². The molecule has 0 aromatic carbocycles. The largest absolute Gasteiger partial charge is 0.333 e. The summed E-state index contributed by atoms with van der Waals surface area (Å²) in [4.78, 5) is 149. The van der Waals surface area contributed by atoms with E-state index in [1.165, 1.54) is 12.8 Å². The van der Waals surface area contributed by atoms with Gasteiger partial charge in [-0.15, -0.1) is 15.2 Å². The van der Waals surface area contributed by atoms with Crippen molar-refractivity contribution in [3.8, 4) is 0 Å². The highest BCUT2D eigenvalue weighted by molar-refractivity contribution is 6.03. The van der Waals surface area contributed by atoms with Crippen LogP contribution in [0.25, 0.3) is 0 Å². The molecule has 380 valence electrons. The maximum Gasteiger partial charge on any atom is 0.333 e. The fourth-order valence-corrected chi connectivity index (χ4v) is 5.43. The van der Waals surface area contributed by atoms with Crippen LogP contribution in [-0.4, -0.2) is 106 Å². The summed E-state index contributed by atoms with van der Waals surface area (Å²) in [6, 6.07) is 0. The second-order valence-electron chi connectivity index (χ2n) is 16.7. The zero-order chi connectivity index (χ0) is 52.1. The van der Waals surface area contributed by atoms with Crippen LogP contribution in [0.1, 0.15) is 183 Å². The molecule has 3 rings (SSSR count). The van der Waals surface area contributed by atoms with Gasteiger partial charge in [0, 0.05) is 89.9 Å². The van der Waals surface area contributed by atoms with Gasteiger partial charge in [-0.3, -0.25) is 38.4 Å². The molecule has 0 aliphatic carbocycles. The Morgan fingerprint density at radius 2 is 0.701 bits per heavy atom. The van der Waals surface area contributed by atoms with Gasteiger partial charge in [0.15, 0.2) is 0 Å². The third-order valence-corrected chi connectivity index (χ3v) is 9.17. The zero-order valence-electron chi connectivity index (χ0n) is 40.7. The number of carbonyl (C=O) groups excluding carboxylic acids is 12. The number of ketones is 3. The Bertz CT molecular complexity index is 1530. The molecule has 0 aromatic heterocycles. The summed E-state index contributed by atoms with van der Waals surface area (Å²) in [6.45, 7) is 20.2. The lowest BCUT2D eigenvalue weighted by Crippen LogP contribution is -2.32. The van der Waals surface area contributed by atoms with Crippen molar-refractivity contribution >= 4 is 84.1 Å². The van der Waals surface area contributed by atoms with Crippen molar-refractivity contribution in [2.24, 2.45) is 23.5 Å². The molecule has 67 heavy (non-hydrogen) atoms. The quantitative estimate of drug-likeness (QED) is 0.0760. The predicted octanol–water partition coefficient (Wildman–Crippen LogP) is 5.80. The Labute approximate surface area is 394 Å². The van der Waals surface area contributed by atoms with Crippen LogP contribution in [0, 0.1) is 28.6 Å². The Hall–Kier alpha value is -5.86. The second-order valence-corrected chi connectivity index (χ2v) is 16.7. The van der Waals surface area contributed by atoms with Crippen molar-refractivity contribution in [2.45, 2.75) is 183 Å². The molecule has 0 radical (unpaired) electrons. The molecule has 0 atom stereocenters. The number of nitrogens with two attached hydrogens (primary N) is 1. The van der Waals surface area contributed by atoms with Crippen molar-refractivity contribution in [3.63, 3.8) is 0 Å². The van der Waals surface area contributed by atoms with Crippen LogP contribution in [-0.2, 0) is 72.0 Å². The average Bonchev–Trinajstić information content (AvgIpc) is 3.89. The van der Waals surface area contributed by atoms with Crippen LogP contribution < -0.4 is 5.73 Å². The second kappa shape index (κ2) is 39.3. The number of nitrogens with one attached hydrogen (secondary N) is 2. The molecule has 0 bridgehead atoms. The maximum atomic E-state index is 11.5. The van der Waals surface area contributed by atoms with E-state index in [2.05, 4.69) is 64.7 Å². The highest BCUT2D eigenvalue weighted by Gasteiger charge is 2.35. The Balaban J connectivity index is -0.000000847. The molecule has 3 heterocycles. The normalized spacial score (nSPS) is 13.9. The van der Waals surface area contributed by atoms with Gasteiger partial charge in [-0.05, 0) is 89.6 Å². The molecule has 0 aromatic rings. The number of hydroxylamine groups is 6. The first-order valence-electron chi connectivity index (χ1n) is 22.7. The summed E-state index contributed by atoms with van der Waals surface area (Å²) in [5.41, 5.74) is 5.28. The van der Waals surface area contributed by atoms with E-state index in [-0.39, 0.29) is 75.8 Å². The zero-order valence-corrected chi connectivity index (χ0v) is 40.7.